The van der Waals surface area contributed by atoms with E-state index >= 15 is 0 Å². The predicted octanol–water partition coefficient (Wildman–Crippen LogP) is 2.97. The highest BCUT2D eigenvalue weighted by Gasteiger charge is 2.16. The summed E-state index contributed by atoms with van der Waals surface area (Å²) >= 11 is 0. The number of guanidine groups is 1. The molecule has 32 heavy (non-hydrogen) atoms. The lowest BCUT2D eigenvalue weighted by molar-refractivity contribution is 0.253. The summed E-state index contributed by atoms with van der Waals surface area (Å²) in [5.74, 6) is 0.894. The molecule has 1 fully saturated rings. The second kappa shape index (κ2) is 12.5. The van der Waals surface area contributed by atoms with Crippen molar-refractivity contribution in [3.8, 4) is 0 Å². The molecule has 0 unspecified atom stereocenters. The van der Waals surface area contributed by atoms with E-state index in [1.165, 1.54) is 29.9 Å². The summed E-state index contributed by atoms with van der Waals surface area (Å²) in [5.41, 5.74) is 5.01. The van der Waals surface area contributed by atoms with Gasteiger partial charge in [-0.1, -0.05) is 12.1 Å². The van der Waals surface area contributed by atoms with Crippen molar-refractivity contribution < 1.29 is 0 Å². The van der Waals surface area contributed by atoms with Crippen LogP contribution in [0.4, 0.5) is 5.69 Å². The molecule has 7 nitrogen and oxygen atoms in total. The smallest absolute Gasteiger partial charge is 0.190 e. The molecule has 1 saturated heterocycles. The van der Waals surface area contributed by atoms with Crippen molar-refractivity contribution >= 4 is 11.6 Å². The minimum Gasteiger partial charge on any atom is -0.369 e. The van der Waals surface area contributed by atoms with Crippen LogP contribution in [-0.2, 0) is 6.54 Å². The van der Waals surface area contributed by atoms with Gasteiger partial charge in [0.1, 0.15) is 0 Å². The quantitative estimate of drug-likeness (QED) is 0.339. The van der Waals surface area contributed by atoms with Crippen molar-refractivity contribution in [1.82, 2.24) is 25.3 Å². The normalized spacial score (nSPS) is 15.2. The Morgan fingerprint density at radius 2 is 1.69 bits per heavy atom. The molecule has 0 spiro atoms. The first kappa shape index (κ1) is 24.1. The van der Waals surface area contributed by atoms with E-state index in [0.717, 1.165) is 70.3 Å². The number of anilines is 1. The number of aromatic nitrogens is 2. The zero-order valence-corrected chi connectivity index (χ0v) is 20.4. The molecule has 7 heteroatoms. The Kier molecular flexibility index (Phi) is 9.41. The maximum Gasteiger partial charge on any atom is 0.190 e. The number of aliphatic imine (C=N–C) groups is 1. The summed E-state index contributed by atoms with van der Waals surface area (Å²) < 4.78 is 2.08. The van der Waals surface area contributed by atoms with Gasteiger partial charge in [0, 0.05) is 64.2 Å². The molecule has 0 saturated carbocycles. The van der Waals surface area contributed by atoms with Gasteiger partial charge in [-0.05, 0) is 70.3 Å². The fraction of sp³-hybridized carbons (Fsp3) is 0.600. The van der Waals surface area contributed by atoms with E-state index in [1.54, 1.807) is 0 Å². The van der Waals surface area contributed by atoms with Crippen LogP contribution >= 0.6 is 0 Å². The maximum absolute atomic E-state index is 4.51. The highest BCUT2D eigenvalue weighted by atomic mass is 15.3. The van der Waals surface area contributed by atoms with Gasteiger partial charge in [0.2, 0.25) is 0 Å². The summed E-state index contributed by atoms with van der Waals surface area (Å²) in [6, 6.07) is 11.0. The summed E-state index contributed by atoms with van der Waals surface area (Å²) in [6.07, 6.45) is 3.40. The predicted molar refractivity (Wildman–Crippen MR) is 135 cm³/mol. The second-order valence-corrected chi connectivity index (χ2v) is 8.80. The van der Waals surface area contributed by atoms with Gasteiger partial charge in [-0.15, -0.1) is 0 Å². The minimum atomic E-state index is 0.892. The molecule has 0 amide bonds. The zero-order chi connectivity index (χ0) is 22.8. The SMILES string of the molecule is CN=C(NCCCCN1CCN(c2cccc(C)c2)CC1)NCCCn1nc(C)cc1C. The van der Waals surface area contributed by atoms with E-state index in [9.17, 15) is 0 Å². The summed E-state index contributed by atoms with van der Waals surface area (Å²) in [4.78, 5) is 9.45. The number of unbranched alkanes of at least 4 members (excludes halogenated alkanes) is 1. The van der Waals surface area contributed by atoms with Gasteiger partial charge in [-0.25, -0.2) is 0 Å². The van der Waals surface area contributed by atoms with Gasteiger partial charge in [0.25, 0.3) is 0 Å². The Hall–Kier alpha value is -2.54. The monoisotopic (exact) mass is 439 g/mol. The number of rotatable bonds is 10. The van der Waals surface area contributed by atoms with Crippen LogP contribution in [-0.4, -0.2) is 73.5 Å². The average Bonchev–Trinajstić information content (AvgIpc) is 3.12. The summed E-state index contributed by atoms with van der Waals surface area (Å²) in [5, 5.41) is 11.4. The van der Waals surface area contributed by atoms with Crippen LogP contribution in [0.25, 0.3) is 0 Å². The topological polar surface area (TPSA) is 60.7 Å². The number of nitrogens with one attached hydrogen (secondary N) is 2. The molecule has 0 radical (unpaired) electrons. The number of hydrogen-bond donors (Lipinski definition) is 2. The van der Waals surface area contributed by atoms with E-state index in [4.69, 9.17) is 0 Å². The Morgan fingerprint density at radius 3 is 2.34 bits per heavy atom. The molecule has 0 atom stereocenters. The third kappa shape index (κ3) is 7.55. The van der Waals surface area contributed by atoms with Crippen molar-refractivity contribution in [1.29, 1.82) is 0 Å². The van der Waals surface area contributed by atoms with Crippen LogP contribution in [0, 0.1) is 20.8 Å². The standard InChI is InChI=1S/C25H41N7/c1-21-9-7-10-24(19-21)31-17-15-30(16-18-31)13-6-5-11-27-25(26-4)28-12-8-14-32-23(3)20-22(2)29-32/h7,9-10,19-20H,5-6,8,11-18H2,1-4H3,(H2,26,27,28). The molecule has 2 aromatic rings. The molecule has 3 rings (SSSR count). The minimum absolute atomic E-state index is 0.892. The lowest BCUT2D eigenvalue weighted by Gasteiger charge is -2.36. The molecule has 1 aliphatic rings. The van der Waals surface area contributed by atoms with Crippen LogP contribution in [0.5, 0.6) is 0 Å². The number of piperazine rings is 1. The fourth-order valence-electron chi connectivity index (χ4n) is 4.28. The van der Waals surface area contributed by atoms with Crippen molar-refractivity contribution in [2.45, 2.75) is 46.6 Å². The van der Waals surface area contributed by atoms with E-state index in [-0.39, 0.29) is 0 Å². The molecule has 1 aromatic heterocycles. The Labute approximate surface area is 193 Å². The average molecular weight is 440 g/mol. The Balaban J connectivity index is 1.23. The molecule has 1 aromatic carbocycles. The van der Waals surface area contributed by atoms with Crippen LogP contribution in [0.2, 0.25) is 0 Å². The highest BCUT2D eigenvalue weighted by molar-refractivity contribution is 5.79. The molecule has 2 N–H and O–H groups in total. The summed E-state index contributed by atoms with van der Waals surface area (Å²) in [7, 11) is 1.84. The molecule has 176 valence electrons. The lowest BCUT2D eigenvalue weighted by atomic mass is 10.2. The molecule has 1 aliphatic heterocycles. The Bertz CT molecular complexity index is 850. The number of nitrogens with zero attached hydrogens (tertiary/aromatic N) is 5. The van der Waals surface area contributed by atoms with E-state index in [2.05, 4.69) is 79.4 Å². The number of benzene rings is 1. The molecule has 0 aliphatic carbocycles. The molecular weight excluding hydrogens is 398 g/mol. The highest BCUT2D eigenvalue weighted by Crippen LogP contribution is 2.17. The van der Waals surface area contributed by atoms with Crippen LogP contribution in [0.1, 0.15) is 36.2 Å². The largest absolute Gasteiger partial charge is 0.369 e. The number of hydrogen-bond acceptors (Lipinski definition) is 4. The van der Waals surface area contributed by atoms with E-state index in [1.807, 2.05) is 14.0 Å². The van der Waals surface area contributed by atoms with Crippen molar-refractivity contribution in [3.63, 3.8) is 0 Å². The molecular formula is C25H41N7. The first-order valence-electron chi connectivity index (χ1n) is 12.0. The first-order chi connectivity index (χ1) is 15.5. The van der Waals surface area contributed by atoms with Gasteiger partial charge < -0.3 is 15.5 Å². The number of aryl methyl sites for hydroxylation is 4. The van der Waals surface area contributed by atoms with Crippen molar-refractivity contribution in [3.05, 3.63) is 47.3 Å². The summed E-state index contributed by atoms with van der Waals surface area (Å²) in [6.45, 7) is 14.8. The van der Waals surface area contributed by atoms with Gasteiger partial charge in [-0.3, -0.25) is 14.6 Å². The second-order valence-electron chi connectivity index (χ2n) is 8.80. The van der Waals surface area contributed by atoms with Gasteiger partial charge >= 0.3 is 0 Å². The third-order valence-electron chi connectivity index (χ3n) is 6.10. The zero-order valence-electron chi connectivity index (χ0n) is 20.4. The van der Waals surface area contributed by atoms with Gasteiger partial charge in [0.05, 0.1) is 5.69 Å². The van der Waals surface area contributed by atoms with Crippen molar-refractivity contribution in [2.24, 2.45) is 4.99 Å². The van der Waals surface area contributed by atoms with Crippen LogP contribution in [0.15, 0.2) is 35.3 Å². The van der Waals surface area contributed by atoms with E-state index in [0.29, 0.717) is 0 Å². The van der Waals surface area contributed by atoms with Crippen LogP contribution in [0.3, 0.4) is 0 Å². The maximum atomic E-state index is 4.51. The molecule has 0 bridgehead atoms. The van der Waals surface area contributed by atoms with Gasteiger partial charge in [0.15, 0.2) is 5.96 Å². The fourth-order valence-corrected chi connectivity index (χ4v) is 4.28. The van der Waals surface area contributed by atoms with Crippen LogP contribution < -0.4 is 15.5 Å². The Morgan fingerprint density at radius 1 is 0.938 bits per heavy atom. The van der Waals surface area contributed by atoms with Crippen molar-refractivity contribution in [2.75, 3.05) is 57.8 Å². The molecule has 2 heterocycles. The third-order valence-corrected chi connectivity index (χ3v) is 6.10. The first-order valence-corrected chi connectivity index (χ1v) is 12.0. The van der Waals surface area contributed by atoms with E-state index < -0.39 is 0 Å². The lowest BCUT2D eigenvalue weighted by Crippen LogP contribution is -2.46. The van der Waals surface area contributed by atoms with Gasteiger partial charge in [-0.2, -0.15) is 5.10 Å².